The van der Waals surface area contributed by atoms with Crippen LogP contribution in [0.4, 0.5) is 11.4 Å². The van der Waals surface area contributed by atoms with Crippen molar-refractivity contribution < 1.29 is 0 Å². The summed E-state index contributed by atoms with van der Waals surface area (Å²) in [5.74, 6) is 0. The molecule has 0 aliphatic carbocycles. The first kappa shape index (κ1) is 7.66. The lowest BCUT2D eigenvalue weighted by atomic mass is 10.3. The molecule has 0 N–H and O–H groups in total. The Morgan fingerprint density at radius 3 is 2.45 bits per heavy atom. The minimum absolute atomic E-state index is 0.825. The Balaban J connectivity index is 3.11. The molecule has 1 rings (SSSR count). The molecule has 0 aliphatic heterocycles. The fraction of sp³-hybridized carbons (Fsp3) is 0.111. The van der Waals surface area contributed by atoms with Gasteiger partial charge in [-0.3, -0.25) is 9.98 Å². The maximum atomic E-state index is 4.12. The SMILES string of the molecule is C=Nc1ccccc1/N=C\C. The number of aliphatic imine (C=N–C) groups is 2. The molecule has 0 bridgehead atoms. The highest BCUT2D eigenvalue weighted by Gasteiger charge is 1.93. The average Bonchev–Trinajstić information content (AvgIpc) is 2.06. The summed E-state index contributed by atoms with van der Waals surface area (Å²) in [5, 5.41) is 0. The van der Waals surface area contributed by atoms with Crippen LogP contribution in [0.1, 0.15) is 6.92 Å². The number of hydrogen-bond donors (Lipinski definition) is 0. The number of hydrogen-bond acceptors (Lipinski definition) is 2. The smallest absolute Gasteiger partial charge is 0.0881 e. The molecule has 0 radical (unpaired) electrons. The van der Waals surface area contributed by atoms with Gasteiger partial charge >= 0.3 is 0 Å². The van der Waals surface area contributed by atoms with Crippen molar-refractivity contribution in [2.75, 3.05) is 0 Å². The second-order valence-corrected chi connectivity index (χ2v) is 2.03. The van der Waals surface area contributed by atoms with Gasteiger partial charge in [0.25, 0.3) is 0 Å². The van der Waals surface area contributed by atoms with E-state index < -0.39 is 0 Å². The molecular weight excluding hydrogens is 136 g/mol. The van der Waals surface area contributed by atoms with Crippen LogP contribution in [0.15, 0.2) is 34.3 Å². The molecule has 1 aromatic carbocycles. The Labute approximate surface area is 66.3 Å². The van der Waals surface area contributed by atoms with Crippen LogP contribution in [-0.2, 0) is 0 Å². The van der Waals surface area contributed by atoms with Crippen LogP contribution in [0.3, 0.4) is 0 Å². The van der Waals surface area contributed by atoms with Gasteiger partial charge in [0.2, 0.25) is 0 Å². The number of benzene rings is 1. The zero-order chi connectivity index (χ0) is 8.10. The second kappa shape index (κ2) is 3.66. The van der Waals surface area contributed by atoms with E-state index in [1.54, 1.807) is 6.21 Å². The Morgan fingerprint density at radius 1 is 1.27 bits per heavy atom. The molecule has 0 heterocycles. The van der Waals surface area contributed by atoms with Crippen molar-refractivity contribution in [1.29, 1.82) is 0 Å². The van der Waals surface area contributed by atoms with E-state index in [0.717, 1.165) is 11.4 Å². The van der Waals surface area contributed by atoms with Gasteiger partial charge in [0, 0.05) is 6.21 Å². The fourth-order valence-electron chi connectivity index (χ4n) is 0.846. The van der Waals surface area contributed by atoms with Crippen molar-refractivity contribution in [3.63, 3.8) is 0 Å². The first-order valence-electron chi connectivity index (χ1n) is 3.43. The van der Waals surface area contributed by atoms with Gasteiger partial charge in [-0.25, -0.2) is 0 Å². The summed E-state index contributed by atoms with van der Waals surface area (Å²) in [7, 11) is 0. The Kier molecular flexibility index (Phi) is 2.55. The lowest BCUT2D eigenvalue weighted by Crippen LogP contribution is -1.66. The minimum atomic E-state index is 0.825. The lowest BCUT2D eigenvalue weighted by Gasteiger charge is -1.96. The van der Waals surface area contributed by atoms with Gasteiger partial charge in [0.05, 0.1) is 11.4 Å². The van der Waals surface area contributed by atoms with Gasteiger partial charge in [-0.05, 0) is 25.8 Å². The molecule has 0 aromatic heterocycles. The van der Waals surface area contributed by atoms with Crippen molar-refractivity contribution in [3.8, 4) is 0 Å². The number of nitrogens with zero attached hydrogens (tertiary/aromatic N) is 2. The van der Waals surface area contributed by atoms with E-state index in [-0.39, 0.29) is 0 Å². The molecule has 0 aliphatic rings. The molecule has 2 heteroatoms. The Bertz CT molecular complexity index is 277. The molecule has 0 spiro atoms. The van der Waals surface area contributed by atoms with Crippen LogP contribution in [0.2, 0.25) is 0 Å². The van der Waals surface area contributed by atoms with Gasteiger partial charge in [-0.2, -0.15) is 0 Å². The van der Waals surface area contributed by atoms with E-state index in [1.165, 1.54) is 0 Å². The Hall–Kier alpha value is -1.44. The summed E-state index contributed by atoms with van der Waals surface area (Å²) in [6.45, 7) is 5.32. The quantitative estimate of drug-likeness (QED) is 0.573. The van der Waals surface area contributed by atoms with E-state index in [1.807, 2.05) is 31.2 Å². The first-order valence-corrected chi connectivity index (χ1v) is 3.43. The van der Waals surface area contributed by atoms with Crippen LogP contribution in [0.5, 0.6) is 0 Å². The van der Waals surface area contributed by atoms with Gasteiger partial charge < -0.3 is 0 Å². The zero-order valence-electron chi connectivity index (χ0n) is 6.49. The highest BCUT2D eigenvalue weighted by atomic mass is 14.8. The summed E-state index contributed by atoms with van der Waals surface area (Å²) in [6.07, 6.45) is 1.74. The Morgan fingerprint density at radius 2 is 1.91 bits per heavy atom. The summed E-state index contributed by atoms with van der Waals surface area (Å²) in [6, 6.07) is 7.63. The third-order valence-electron chi connectivity index (χ3n) is 1.32. The molecule has 0 atom stereocenters. The van der Waals surface area contributed by atoms with Gasteiger partial charge in [0.15, 0.2) is 0 Å². The first-order chi connectivity index (χ1) is 5.38. The monoisotopic (exact) mass is 146 g/mol. The van der Waals surface area contributed by atoms with Crippen molar-refractivity contribution in [2.24, 2.45) is 9.98 Å². The van der Waals surface area contributed by atoms with Crippen molar-refractivity contribution in [3.05, 3.63) is 24.3 Å². The molecule has 2 nitrogen and oxygen atoms in total. The van der Waals surface area contributed by atoms with Crippen LogP contribution < -0.4 is 0 Å². The highest BCUT2D eigenvalue weighted by Crippen LogP contribution is 2.25. The van der Waals surface area contributed by atoms with E-state index in [4.69, 9.17) is 0 Å². The predicted molar refractivity (Wildman–Crippen MR) is 49.5 cm³/mol. The van der Waals surface area contributed by atoms with Crippen LogP contribution in [0.25, 0.3) is 0 Å². The number of rotatable bonds is 2. The highest BCUT2D eigenvalue weighted by molar-refractivity contribution is 5.70. The molecule has 1 aromatic rings. The fourth-order valence-corrected chi connectivity index (χ4v) is 0.846. The summed E-state index contributed by atoms with van der Waals surface area (Å²) >= 11 is 0. The summed E-state index contributed by atoms with van der Waals surface area (Å²) in [5.41, 5.74) is 1.69. The molecular formula is C9H10N2. The van der Waals surface area contributed by atoms with Crippen molar-refractivity contribution in [1.82, 2.24) is 0 Å². The van der Waals surface area contributed by atoms with Gasteiger partial charge in [-0.1, -0.05) is 12.1 Å². The van der Waals surface area contributed by atoms with E-state index in [2.05, 4.69) is 16.7 Å². The van der Waals surface area contributed by atoms with Crippen molar-refractivity contribution in [2.45, 2.75) is 6.92 Å². The maximum Gasteiger partial charge on any atom is 0.0881 e. The molecule has 0 saturated carbocycles. The molecule has 56 valence electrons. The normalized spacial score (nSPS) is 10.3. The largest absolute Gasteiger partial charge is 0.262 e. The molecule has 0 unspecified atom stereocenters. The molecule has 0 fully saturated rings. The van der Waals surface area contributed by atoms with Crippen LogP contribution >= 0.6 is 0 Å². The van der Waals surface area contributed by atoms with Crippen LogP contribution in [0, 0.1) is 0 Å². The third kappa shape index (κ3) is 1.74. The average molecular weight is 146 g/mol. The van der Waals surface area contributed by atoms with E-state index >= 15 is 0 Å². The van der Waals surface area contributed by atoms with Gasteiger partial charge in [-0.15, -0.1) is 0 Å². The standard InChI is InChI=1S/C9H10N2/c1-3-11-9-7-5-4-6-8(9)10-2/h3-7H,2H2,1H3/b11-3-. The molecule has 0 saturated heterocycles. The minimum Gasteiger partial charge on any atom is -0.262 e. The zero-order valence-corrected chi connectivity index (χ0v) is 6.49. The summed E-state index contributed by atoms with van der Waals surface area (Å²) in [4.78, 5) is 7.94. The summed E-state index contributed by atoms with van der Waals surface area (Å²) < 4.78 is 0. The maximum absolute atomic E-state index is 4.12. The second-order valence-electron chi connectivity index (χ2n) is 2.03. The lowest BCUT2D eigenvalue weighted by molar-refractivity contribution is 1.47. The topological polar surface area (TPSA) is 24.7 Å². The number of para-hydroxylation sites is 2. The van der Waals surface area contributed by atoms with E-state index in [9.17, 15) is 0 Å². The van der Waals surface area contributed by atoms with Crippen molar-refractivity contribution >= 4 is 24.3 Å². The molecule has 0 amide bonds. The third-order valence-corrected chi connectivity index (χ3v) is 1.32. The van der Waals surface area contributed by atoms with Crippen LogP contribution in [-0.4, -0.2) is 12.9 Å². The van der Waals surface area contributed by atoms with E-state index in [0.29, 0.717) is 0 Å². The van der Waals surface area contributed by atoms with Gasteiger partial charge in [0.1, 0.15) is 0 Å². The predicted octanol–water partition coefficient (Wildman–Crippen LogP) is 2.74. The molecule has 11 heavy (non-hydrogen) atoms.